The Morgan fingerprint density at radius 1 is 0.882 bits per heavy atom. The second kappa shape index (κ2) is 19.4. The van der Waals surface area contributed by atoms with E-state index in [1.807, 2.05) is 21.9 Å². The van der Waals surface area contributed by atoms with Gasteiger partial charge in [-0.3, -0.25) is 28.9 Å². The Labute approximate surface area is 401 Å². The molecule has 3 amide bonds. The zero-order chi connectivity index (χ0) is 48.0. The summed E-state index contributed by atoms with van der Waals surface area (Å²) in [6, 6.07) is 9.73. The quantitative estimate of drug-likeness (QED) is 0.137. The fourth-order valence-electron chi connectivity index (χ4n) is 10.4. The third kappa shape index (κ3) is 9.52. The van der Waals surface area contributed by atoms with Crippen LogP contribution in [-0.2, 0) is 37.2 Å². The molecule has 0 spiro atoms. The van der Waals surface area contributed by atoms with E-state index in [1.165, 1.54) is 28.6 Å². The number of imide groups is 1. The van der Waals surface area contributed by atoms with Crippen LogP contribution in [0.4, 0.5) is 53.4 Å². The summed E-state index contributed by atoms with van der Waals surface area (Å²) in [6.07, 6.45) is 6.24. The van der Waals surface area contributed by atoms with Crippen LogP contribution in [0.3, 0.4) is 0 Å². The summed E-state index contributed by atoms with van der Waals surface area (Å²) >= 11 is 3.50. The van der Waals surface area contributed by atoms with Gasteiger partial charge in [-0.25, -0.2) is 26.6 Å². The van der Waals surface area contributed by atoms with Crippen LogP contribution >= 0.6 is 15.9 Å². The van der Waals surface area contributed by atoms with Gasteiger partial charge in [0.15, 0.2) is 0 Å². The van der Waals surface area contributed by atoms with Crippen LogP contribution in [0.1, 0.15) is 61.6 Å². The van der Waals surface area contributed by atoms with Crippen LogP contribution in [0.15, 0.2) is 47.1 Å². The summed E-state index contributed by atoms with van der Waals surface area (Å²) in [5, 5.41) is 8.66. The van der Waals surface area contributed by atoms with Gasteiger partial charge in [0.05, 0.1) is 46.7 Å². The molecule has 4 saturated heterocycles. The summed E-state index contributed by atoms with van der Waals surface area (Å²) in [7, 11) is -2.04. The minimum atomic E-state index is -3.65. The van der Waals surface area contributed by atoms with E-state index in [9.17, 15) is 27.2 Å². The third-order valence-corrected chi connectivity index (χ3v) is 15.7. The number of rotatable bonds is 12. The molecule has 68 heavy (non-hydrogen) atoms. The van der Waals surface area contributed by atoms with Crippen LogP contribution in [0.5, 0.6) is 5.75 Å². The van der Waals surface area contributed by atoms with E-state index in [0.29, 0.717) is 77.3 Å². The van der Waals surface area contributed by atoms with Crippen LogP contribution in [0, 0.1) is 23.4 Å². The van der Waals surface area contributed by atoms with Crippen molar-refractivity contribution in [2.24, 2.45) is 5.92 Å². The predicted molar refractivity (Wildman–Crippen MR) is 256 cm³/mol. The monoisotopic (exact) mass is 1020 g/mol. The van der Waals surface area contributed by atoms with E-state index in [-0.39, 0.29) is 54.8 Å². The first-order valence-electron chi connectivity index (χ1n) is 23.0. The highest BCUT2D eigenvalue weighted by Crippen LogP contribution is 2.42. The van der Waals surface area contributed by atoms with Crippen molar-refractivity contribution in [2.75, 3.05) is 97.0 Å². The number of aryl methyl sites for hydroxylation is 1. The number of hydrogen-bond donors (Lipinski definition) is 3. The van der Waals surface area contributed by atoms with Crippen LogP contribution in [0.25, 0.3) is 0 Å². The Hall–Kier alpha value is -5.67. The average molecular weight is 1020 g/mol. The number of carbonyl (C=O) groups is 3. The highest BCUT2D eigenvalue weighted by Gasteiger charge is 2.38. The number of amides is 3. The van der Waals surface area contributed by atoms with Gasteiger partial charge in [0.1, 0.15) is 29.0 Å². The molecule has 4 aromatic rings. The van der Waals surface area contributed by atoms with Crippen molar-refractivity contribution in [2.45, 2.75) is 63.8 Å². The highest BCUT2D eigenvalue weighted by atomic mass is 79.9. The van der Waals surface area contributed by atoms with Crippen molar-refractivity contribution < 1.29 is 40.7 Å². The topological polar surface area (TPSA) is 173 Å². The van der Waals surface area contributed by atoms with E-state index in [0.717, 1.165) is 62.9 Å². The molecule has 9 rings (SSSR count). The normalized spacial score (nSPS) is 20.5. The van der Waals surface area contributed by atoms with Gasteiger partial charge in [-0.2, -0.15) is 4.98 Å². The van der Waals surface area contributed by atoms with Crippen molar-refractivity contribution in [1.82, 2.24) is 25.1 Å². The molecule has 6 heterocycles. The molecule has 0 bridgehead atoms. The number of nitrogens with zero attached hydrogens (tertiary/aromatic N) is 7. The summed E-state index contributed by atoms with van der Waals surface area (Å²) in [5.41, 5.74) is 3.86. The first-order chi connectivity index (χ1) is 32.6. The molecule has 21 heteroatoms. The van der Waals surface area contributed by atoms with Gasteiger partial charge in [-0.1, -0.05) is 6.92 Å². The number of sulfonamides is 1. The van der Waals surface area contributed by atoms with Gasteiger partial charge in [-0.05, 0) is 90.4 Å². The first kappa shape index (κ1) is 47.4. The van der Waals surface area contributed by atoms with Crippen molar-refractivity contribution in [3.05, 3.63) is 81.2 Å². The number of nitrogens with one attached hydrogen (secondary N) is 3. The smallest absolute Gasteiger partial charge is 0.234 e. The molecular weight excluding hydrogens is 970 g/mol. The lowest BCUT2D eigenvalue weighted by Crippen LogP contribution is -2.55. The Kier molecular flexibility index (Phi) is 13.5. The number of aromatic nitrogens is 2. The van der Waals surface area contributed by atoms with E-state index in [2.05, 4.69) is 53.6 Å². The maximum Gasteiger partial charge on any atom is 0.234 e. The van der Waals surface area contributed by atoms with Crippen molar-refractivity contribution >= 4 is 83.9 Å². The second-order valence-electron chi connectivity index (χ2n) is 18.0. The molecule has 5 aliphatic rings. The zero-order valence-electron chi connectivity index (χ0n) is 38.1. The van der Waals surface area contributed by atoms with Gasteiger partial charge in [0, 0.05) is 106 Å². The highest BCUT2D eigenvalue weighted by molar-refractivity contribution is 9.10. The number of anilines is 7. The molecule has 2 atom stereocenters. The molecular formula is C47H54BrF3N10O6S. The summed E-state index contributed by atoms with van der Waals surface area (Å²) in [4.78, 5) is 55.4. The standard InChI is InChI=1S/C47H54BrF3N10O6S/c1-4-27-21-38(54-47-52-25-33(48)44(56-47)53-37-7-6-34(49)31-12-16-61(43(31)37)68(3,65)66)40(67-2)24-39(27)58-14-10-29(11-15-58)57-17-19-59(20-18-57)46(64)28-9-13-60(26-28)30-22-35(50)42(36(51)23-30)32-5-8-41(62)55-45(32)63/h6-7,21-25,28-29,32H,4-5,8-20,26H2,1-3H3,(H,55,62,63)(H2,52,53,54,56)/t28-,32-/m1/s1. The Morgan fingerprint density at radius 3 is 2.28 bits per heavy atom. The van der Waals surface area contributed by atoms with Crippen molar-refractivity contribution in [3.63, 3.8) is 0 Å². The number of piperazine rings is 1. The van der Waals surface area contributed by atoms with Crippen molar-refractivity contribution in [1.29, 1.82) is 0 Å². The lowest BCUT2D eigenvalue weighted by molar-refractivity contribution is -0.137. The molecule has 1 aromatic heterocycles. The number of methoxy groups -OCH3 is 1. The lowest BCUT2D eigenvalue weighted by atomic mass is 9.89. The molecule has 0 aliphatic carbocycles. The minimum absolute atomic E-state index is 0.0182. The Morgan fingerprint density at radius 2 is 1.60 bits per heavy atom. The number of hydrogen-bond acceptors (Lipinski definition) is 13. The zero-order valence-corrected chi connectivity index (χ0v) is 40.5. The van der Waals surface area contributed by atoms with E-state index >= 15 is 8.78 Å². The number of carbonyl (C=O) groups excluding carboxylic acids is 3. The summed E-state index contributed by atoms with van der Waals surface area (Å²) < 4.78 is 78.1. The van der Waals surface area contributed by atoms with E-state index in [1.54, 1.807) is 13.3 Å². The molecule has 3 N–H and O–H groups in total. The van der Waals surface area contributed by atoms with Crippen molar-refractivity contribution in [3.8, 4) is 5.75 Å². The Balaban J connectivity index is 0.790. The van der Waals surface area contributed by atoms with Gasteiger partial charge < -0.3 is 30.1 Å². The molecule has 0 saturated carbocycles. The average Bonchev–Trinajstić information content (AvgIpc) is 4.02. The first-order valence-corrected chi connectivity index (χ1v) is 25.7. The fourth-order valence-corrected chi connectivity index (χ4v) is 11.7. The van der Waals surface area contributed by atoms with Gasteiger partial charge in [0.25, 0.3) is 0 Å². The van der Waals surface area contributed by atoms with Crippen LogP contribution in [-0.4, -0.2) is 124 Å². The fraction of sp³-hybridized carbons (Fsp3) is 0.468. The maximum atomic E-state index is 15.3. The molecule has 3 aromatic carbocycles. The molecule has 16 nitrogen and oxygen atoms in total. The number of benzene rings is 3. The lowest BCUT2D eigenvalue weighted by Gasteiger charge is -2.44. The second-order valence-corrected chi connectivity index (χ2v) is 20.8. The van der Waals surface area contributed by atoms with Crippen LogP contribution < -0.4 is 34.8 Å². The minimum Gasteiger partial charge on any atom is -0.494 e. The number of fused-ring (bicyclic) bond motifs is 1. The molecule has 362 valence electrons. The number of halogens is 4. The number of piperidine rings is 2. The molecule has 0 radical (unpaired) electrons. The van der Waals surface area contributed by atoms with Gasteiger partial charge in [0.2, 0.25) is 33.7 Å². The molecule has 5 aliphatic heterocycles. The van der Waals surface area contributed by atoms with E-state index < -0.39 is 45.2 Å². The summed E-state index contributed by atoms with van der Waals surface area (Å²) in [5.74, 6) is -3.36. The van der Waals surface area contributed by atoms with Crippen LogP contribution in [0.2, 0.25) is 0 Å². The summed E-state index contributed by atoms with van der Waals surface area (Å²) in [6.45, 7) is 7.52. The largest absolute Gasteiger partial charge is 0.494 e. The van der Waals surface area contributed by atoms with Gasteiger partial charge in [-0.15, -0.1) is 0 Å². The molecule has 4 fully saturated rings. The predicted octanol–water partition coefficient (Wildman–Crippen LogP) is 6.20. The third-order valence-electron chi connectivity index (χ3n) is 14.0. The van der Waals surface area contributed by atoms with E-state index in [4.69, 9.17) is 9.72 Å². The SMILES string of the molecule is CCc1cc(Nc2ncc(Br)c(Nc3ccc(F)c4c3N(S(C)(=O)=O)CC4)n2)c(OC)cc1N1CCC(N2CCN(C(=O)[C@@H]3CCN(c4cc(F)c([C@H]5CCC(=O)NC5=O)c(F)c4)C3)CC2)CC1. The maximum absolute atomic E-state index is 15.3. The molecule has 0 unspecified atom stereocenters. The number of ether oxygens (including phenoxy) is 1. The Bertz CT molecular complexity index is 2730. The van der Waals surface area contributed by atoms with Gasteiger partial charge >= 0.3 is 0 Å².